The second-order valence-corrected chi connectivity index (χ2v) is 5.25. The lowest BCUT2D eigenvalue weighted by atomic mass is 10.3. The zero-order valence-corrected chi connectivity index (χ0v) is 12.2. The largest absolute Gasteiger partial charge is 0.491 e. The van der Waals surface area contributed by atoms with Crippen LogP contribution in [0.5, 0.6) is 5.75 Å². The molecule has 0 aliphatic rings. The van der Waals surface area contributed by atoms with Crippen molar-refractivity contribution in [3.8, 4) is 5.75 Å². The molecule has 1 heterocycles. The van der Waals surface area contributed by atoms with Crippen molar-refractivity contribution in [1.29, 1.82) is 0 Å². The molecule has 21 heavy (non-hydrogen) atoms. The van der Waals surface area contributed by atoms with Gasteiger partial charge in [-0.2, -0.15) is 0 Å². The van der Waals surface area contributed by atoms with Crippen LogP contribution in [-0.4, -0.2) is 35.3 Å². The summed E-state index contributed by atoms with van der Waals surface area (Å²) in [5.74, 6) is -0.161. The van der Waals surface area contributed by atoms with Crippen molar-refractivity contribution >= 4 is 17.2 Å². The van der Waals surface area contributed by atoms with E-state index in [2.05, 4.69) is 10.3 Å². The molecule has 1 aromatic carbocycles. The van der Waals surface area contributed by atoms with Crippen LogP contribution in [-0.2, 0) is 0 Å². The summed E-state index contributed by atoms with van der Waals surface area (Å²) in [5.41, 5.74) is 2.26. The number of hydrogen-bond donors (Lipinski definition) is 2. The molecule has 2 rings (SSSR count). The molecule has 1 amide bonds. The third-order valence-electron chi connectivity index (χ3n) is 2.71. The monoisotopic (exact) mass is 310 g/mol. The van der Waals surface area contributed by atoms with Crippen molar-refractivity contribution in [2.24, 2.45) is 0 Å². The minimum Gasteiger partial charge on any atom is -0.491 e. The Kier molecular flexibility index (Phi) is 5.24. The van der Waals surface area contributed by atoms with Crippen molar-refractivity contribution in [2.45, 2.75) is 13.0 Å². The highest BCUT2D eigenvalue weighted by molar-refractivity contribution is 7.11. The van der Waals surface area contributed by atoms with Crippen LogP contribution in [0.25, 0.3) is 0 Å². The topological polar surface area (TPSA) is 71.5 Å². The SMILES string of the molecule is Cc1ncsc1C(=O)NC[C@@H](O)COc1ccc(F)cc1. The third-order valence-corrected chi connectivity index (χ3v) is 3.63. The number of halogens is 1. The molecule has 1 atom stereocenters. The average molecular weight is 310 g/mol. The average Bonchev–Trinajstić information content (AvgIpc) is 2.90. The molecule has 1 aromatic heterocycles. The van der Waals surface area contributed by atoms with Gasteiger partial charge in [-0.3, -0.25) is 4.79 Å². The van der Waals surface area contributed by atoms with Crippen LogP contribution in [0.1, 0.15) is 15.4 Å². The molecule has 0 unspecified atom stereocenters. The molecule has 0 radical (unpaired) electrons. The second-order valence-electron chi connectivity index (χ2n) is 4.40. The van der Waals surface area contributed by atoms with E-state index in [1.807, 2.05) is 0 Å². The fourth-order valence-corrected chi connectivity index (χ4v) is 2.31. The van der Waals surface area contributed by atoms with Crippen molar-refractivity contribution in [2.75, 3.05) is 13.2 Å². The number of ether oxygens (including phenoxy) is 1. The number of nitrogens with one attached hydrogen (secondary N) is 1. The van der Waals surface area contributed by atoms with Gasteiger partial charge in [0.2, 0.25) is 0 Å². The second kappa shape index (κ2) is 7.14. The number of thiazole rings is 1. The summed E-state index contributed by atoms with van der Waals surface area (Å²) in [7, 11) is 0. The fourth-order valence-electron chi connectivity index (χ4n) is 1.59. The van der Waals surface area contributed by atoms with Crippen molar-refractivity contribution < 1.29 is 19.0 Å². The van der Waals surface area contributed by atoms with Gasteiger partial charge in [0.05, 0.1) is 11.2 Å². The predicted octanol–water partition coefficient (Wildman–Crippen LogP) is 1.76. The van der Waals surface area contributed by atoms with E-state index in [1.165, 1.54) is 35.6 Å². The minimum absolute atomic E-state index is 0.00752. The maximum Gasteiger partial charge on any atom is 0.263 e. The first-order valence-electron chi connectivity index (χ1n) is 6.31. The number of aliphatic hydroxyl groups is 1. The molecule has 0 saturated carbocycles. The van der Waals surface area contributed by atoms with Crippen LogP contribution >= 0.6 is 11.3 Å². The van der Waals surface area contributed by atoms with Crippen LogP contribution in [0.2, 0.25) is 0 Å². The number of rotatable bonds is 6. The van der Waals surface area contributed by atoms with Crippen LogP contribution in [0.15, 0.2) is 29.8 Å². The Bertz CT molecular complexity index is 601. The molecular formula is C14H15FN2O3S. The standard InChI is InChI=1S/C14H15FN2O3S/c1-9-13(21-8-17-9)14(19)16-6-11(18)7-20-12-4-2-10(15)3-5-12/h2-5,8,11,18H,6-7H2,1H3,(H,16,19)/t11-/m1/s1. The van der Waals surface area contributed by atoms with Gasteiger partial charge >= 0.3 is 0 Å². The van der Waals surface area contributed by atoms with Crippen molar-refractivity contribution in [3.63, 3.8) is 0 Å². The van der Waals surface area contributed by atoms with Crippen LogP contribution in [0.4, 0.5) is 4.39 Å². The molecule has 112 valence electrons. The van der Waals surface area contributed by atoms with E-state index in [-0.39, 0.29) is 24.9 Å². The quantitative estimate of drug-likeness (QED) is 0.853. The molecule has 0 aliphatic heterocycles. The zero-order valence-electron chi connectivity index (χ0n) is 11.4. The molecule has 0 aliphatic carbocycles. The Morgan fingerprint density at radius 3 is 2.81 bits per heavy atom. The molecule has 0 fully saturated rings. The Labute approximate surface area is 125 Å². The first-order chi connectivity index (χ1) is 10.1. The number of hydrogen-bond acceptors (Lipinski definition) is 5. The maximum absolute atomic E-state index is 12.7. The summed E-state index contributed by atoms with van der Waals surface area (Å²) in [6.45, 7) is 1.82. The van der Waals surface area contributed by atoms with Gasteiger partial charge in [-0.15, -0.1) is 11.3 Å². The van der Waals surface area contributed by atoms with E-state index >= 15 is 0 Å². The lowest BCUT2D eigenvalue weighted by molar-refractivity contribution is 0.0846. The van der Waals surface area contributed by atoms with Crippen LogP contribution < -0.4 is 10.1 Å². The van der Waals surface area contributed by atoms with E-state index in [4.69, 9.17) is 4.74 Å². The summed E-state index contributed by atoms with van der Waals surface area (Å²) >= 11 is 1.25. The van der Waals surface area contributed by atoms with Crippen LogP contribution in [0, 0.1) is 12.7 Å². The number of carbonyl (C=O) groups is 1. The number of carbonyl (C=O) groups excluding carboxylic acids is 1. The van der Waals surface area contributed by atoms with Gasteiger partial charge < -0.3 is 15.2 Å². The van der Waals surface area contributed by atoms with Crippen molar-refractivity contribution in [1.82, 2.24) is 10.3 Å². The lowest BCUT2D eigenvalue weighted by Gasteiger charge is -2.13. The van der Waals surface area contributed by atoms with Gasteiger partial charge in [-0.1, -0.05) is 0 Å². The molecule has 2 aromatic rings. The van der Waals surface area contributed by atoms with Gasteiger partial charge in [0.25, 0.3) is 5.91 Å². The smallest absolute Gasteiger partial charge is 0.263 e. The van der Waals surface area contributed by atoms with Gasteiger partial charge in [0, 0.05) is 6.54 Å². The van der Waals surface area contributed by atoms with E-state index in [0.717, 1.165) is 0 Å². The predicted molar refractivity (Wildman–Crippen MR) is 77.1 cm³/mol. The summed E-state index contributed by atoms with van der Waals surface area (Å²) in [5, 5.41) is 12.4. The summed E-state index contributed by atoms with van der Waals surface area (Å²) in [6.07, 6.45) is -0.854. The van der Waals surface area contributed by atoms with Crippen LogP contribution in [0.3, 0.4) is 0 Å². The Morgan fingerprint density at radius 1 is 1.48 bits per heavy atom. The number of aromatic nitrogens is 1. The summed E-state index contributed by atoms with van der Waals surface area (Å²) in [6, 6.07) is 5.49. The highest BCUT2D eigenvalue weighted by Crippen LogP contribution is 2.12. The molecule has 0 saturated heterocycles. The highest BCUT2D eigenvalue weighted by atomic mass is 32.1. The first-order valence-corrected chi connectivity index (χ1v) is 7.19. The molecule has 0 spiro atoms. The molecule has 2 N–H and O–H groups in total. The zero-order chi connectivity index (χ0) is 15.2. The fraction of sp³-hybridized carbons (Fsp3) is 0.286. The minimum atomic E-state index is -0.854. The van der Waals surface area contributed by atoms with Gasteiger partial charge in [-0.25, -0.2) is 9.37 Å². The number of aliphatic hydroxyl groups excluding tert-OH is 1. The third kappa shape index (κ3) is 4.51. The number of nitrogens with zero attached hydrogens (tertiary/aromatic N) is 1. The Hall–Kier alpha value is -1.99. The number of aryl methyl sites for hydroxylation is 1. The molecule has 7 heteroatoms. The highest BCUT2D eigenvalue weighted by Gasteiger charge is 2.13. The first kappa shape index (κ1) is 15.4. The van der Waals surface area contributed by atoms with Gasteiger partial charge in [0.1, 0.15) is 29.2 Å². The Morgan fingerprint density at radius 2 is 2.19 bits per heavy atom. The van der Waals surface area contributed by atoms with E-state index < -0.39 is 6.10 Å². The Balaban J connectivity index is 1.75. The van der Waals surface area contributed by atoms with E-state index in [0.29, 0.717) is 16.3 Å². The number of benzene rings is 1. The van der Waals surface area contributed by atoms with E-state index in [9.17, 15) is 14.3 Å². The molecule has 0 bridgehead atoms. The maximum atomic E-state index is 12.7. The van der Waals surface area contributed by atoms with Gasteiger partial charge in [-0.05, 0) is 31.2 Å². The lowest BCUT2D eigenvalue weighted by Crippen LogP contribution is -2.35. The number of amides is 1. The van der Waals surface area contributed by atoms with E-state index in [1.54, 1.807) is 12.4 Å². The summed E-state index contributed by atoms with van der Waals surface area (Å²) in [4.78, 5) is 16.3. The van der Waals surface area contributed by atoms with Crippen molar-refractivity contribution in [3.05, 3.63) is 46.2 Å². The summed E-state index contributed by atoms with van der Waals surface area (Å²) < 4.78 is 18.0. The molecule has 5 nitrogen and oxygen atoms in total. The normalized spacial score (nSPS) is 12.0. The molecular weight excluding hydrogens is 295 g/mol. The van der Waals surface area contributed by atoms with Gasteiger partial charge in [0.15, 0.2) is 0 Å².